The number of hydrogen-bond acceptors (Lipinski definition) is 6. The first-order valence-electron chi connectivity index (χ1n) is 31.4. The van der Waals surface area contributed by atoms with Crippen LogP contribution in [0, 0.1) is 37.6 Å². The van der Waals surface area contributed by atoms with E-state index in [0.29, 0.717) is 23.7 Å². The molecule has 0 amide bonds. The molecule has 14 rings (SSSR count). The summed E-state index contributed by atoms with van der Waals surface area (Å²) in [5.41, 5.74) is 23.3. The van der Waals surface area contributed by atoms with E-state index in [1.54, 1.807) is 0 Å². The monoisotopic (exact) mass is 1540 g/mol. The topological polar surface area (TPSA) is 48.6 Å². The summed E-state index contributed by atoms with van der Waals surface area (Å²) in [7, 11) is 4.08. The quantitative estimate of drug-likeness (QED) is 0.114. The van der Waals surface area contributed by atoms with Crippen LogP contribution in [0.3, 0.4) is 0 Å². The molecule has 460 valence electrons. The molecule has 0 saturated heterocycles. The van der Waals surface area contributed by atoms with E-state index in [4.69, 9.17) is 0 Å². The Morgan fingerprint density at radius 1 is 0.400 bits per heavy atom. The molecule has 0 N–H and O–H groups in total. The standard InChI is InChI=1S/2C27H27N2.2C13H14N2.2Ir/c2*1-19(2)24-17-23(21-11-7-5-8-12-21)18-25(20(3)4)26(24)29-16-15-28-27(29)22-13-9-6-10-14-22;2*1-14-8-9-15(10-14)13-7-3-5-11-4-2-6-12(11)13;;/h2*5-13,15-20H,1-4H3;2*3,5,8-10H,2,4,6H2,1H3;;/q2*-1;2*-2;2*+3. The number of aryl methyl sites for hydroxylation is 2. The second-order valence-electron chi connectivity index (χ2n) is 24.5. The van der Waals surface area contributed by atoms with Crippen molar-refractivity contribution in [3.05, 3.63) is 289 Å². The van der Waals surface area contributed by atoms with E-state index in [1.807, 2.05) is 75.0 Å². The zero-order valence-electron chi connectivity index (χ0n) is 53.6. The van der Waals surface area contributed by atoms with Gasteiger partial charge in [0.25, 0.3) is 0 Å². The van der Waals surface area contributed by atoms with Gasteiger partial charge in [0, 0.05) is 36.2 Å². The Kier molecular flexibility index (Phi) is 22.8. The number of anilines is 2. The fraction of sp³-hybridized carbons (Fsp3) is 0.250. The van der Waals surface area contributed by atoms with Crippen LogP contribution in [-0.4, -0.2) is 43.0 Å². The average molecular weight is 1540 g/mol. The first-order chi connectivity index (χ1) is 42.8. The molecule has 10 heteroatoms. The summed E-state index contributed by atoms with van der Waals surface area (Å²) in [4.78, 5) is 17.8. The van der Waals surface area contributed by atoms with Gasteiger partial charge in [-0.05, 0) is 131 Å². The fourth-order valence-electron chi connectivity index (χ4n) is 12.4. The molecule has 4 heterocycles. The molecule has 8 nitrogen and oxygen atoms in total. The third-order valence-electron chi connectivity index (χ3n) is 16.9. The minimum Gasteiger partial charge on any atom is -0.510 e. The third kappa shape index (κ3) is 15.1. The number of imidazole rings is 2. The second kappa shape index (κ2) is 30.8. The Morgan fingerprint density at radius 3 is 1.09 bits per heavy atom. The average Bonchev–Trinajstić information content (AvgIpc) is 1.36. The smallest absolute Gasteiger partial charge is 0.510 e. The van der Waals surface area contributed by atoms with Crippen LogP contribution < -0.4 is 9.80 Å². The molecule has 0 saturated carbocycles. The van der Waals surface area contributed by atoms with Gasteiger partial charge in [-0.3, -0.25) is 9.97 Å². The van der Waals surface area contributed by atoms with Crippen molar-refractivity contribution in [2.45, 2.75) is 118 Å². The summed E-state index contributed by atoms with van der Waals surface area (Å²) in [5.74, 6) is 3.42. The van der Waals surface area contributed by atoms with Gasteiger partial charge in [-0.2, -0.15) is 60.9 Å². The van der Waals surface area contributed by atoms with Gasteiger partial charge in [0.05, 0.1) is 11.6 Å². The molecule has 0 spiro atoms. The maximum Gasteiger partial charge on any atom is 3.00 e. The van der Waals surface area contributed by atoms with Gasteiger partial charge in [0.15, 0.2) is 0 Å². The van der Waals surface area contributed by atoms with E-state index in [2.05, 4.69) is 278 Å². The van der Waals surface area contributed by atoms with Crippen molar-refractivity contribution in [3.8, 4) is 56.4 Å². The molecule has 0 atom stereocenters. The van der Waals surface area contributed by atoms with Crippen molar-refractivity contribution in [1.29, 1.82) is 0 Å². The summed E-state index contributed by atoms with van der Waals surface area (Å²) in [6.45, 7) is 22.3. The summed E-state index contributed by atoms with van der Waals surface area (Å²) in [5, 5.41) is 0. The van der Waals surface area contributed by atoms with Crippen LogP contribution in [0.5, 0.6) is 0 Å². The van der Waals surface area contributed by atoms with E-state index >= 15 is 0 Å². The molecule has 2 aromatic heterocycles. The number of rotatable bonds is 12. The van der Waals surface area contributed by atoms with Crippen molar-refractivity contribution < 1.29 is 40.2 Å². The van der Waals surface area contributed by atoms with Crippen molar-refractivity contribution >= 4 is 11.4 Å². The van der Waals surface area contributed by atoms with Gasteiger partial charge in [-0.15, -0.1) is 94.3 Å². The van der Waals surface area contributed by atoms with Gasteiger partial charge in [0.2, 0.25) is 0 Å². The number of benzene rings is 8. The molecule has 0 bridgehead atoms. The number of hydrogen-bond donors (Lipinski definition) is 0. The zero-order valence-corrected chi connectivity index (χ0v) is 58.4. The first-order valence-corrected chi connectivity index (χ1v) is 31.4. The molecular formula is C80H82Ir2N8. The van der Waals surface area contributed by atoms with E-state index in [0.717, 1.165) is 22.8 Å². The van der Waals surface area contributed by atoms with Gasteiger partial charge in [-0.1, -0.05) is 155 Å². The predicted molar refractivity (Wildman–Crippen MR) is 365 cm³/mol. The van der Waals surface area contributed by atoms with E-state index in [1.165, 1.54) is 128 Å². The molecule has 0 unspecified atom stereocenters. The van der Waals surface area contributed by atoms with Gasteiger partial charge < -0.3 is 28.7 Å². The van der Waals surface area contributed by atoms with Gasteiger partial charge in [-0.25, -0.2) is 0 Å². The van der Waals surface area contributed by atoms with Gasteiger partial charge >= 0.3 is 40.2 Å². The minimum atomic E-state index is 0. The number of nitrogens with zero attached hydrogens (tertiary/aromatic N) is 8. The largest absolute Gasteiger partial charge is 3.00 e. The van der Waals surface area contributed by atoms with Crippen LogP contribution in [0.25, 0.3) is 56.4 Å². The summed E-state index contributed by atoms with van der Waals surface area (Å²) in [6.07, 6.45) is 23.6. The first kappa shape index (κ1) is 66.6. The SMILES string of the molecule is CC(C)c1cc(-c2ccccc2)cc(C(C)C)c1-n1ccnc1-c1[c-]cccc1.CC(C)c1cc(-c2ccccc2)cc(C(C)C)c1-n1ccnc1-c1[c-]cccc1.CN1C=CN(c2[c-]ccc3c2CCC3)[CH-]1.CN1C=CN(c2[c-]ccc3c2CCC3)[CH-]1.[Ir+3].[Ir+3]. The molecular weight excluding hydrogens is 1460 g/mol. The van der Waals surface area contributed by atoms with Gasteiger partial charge in [0.1, 0.15) is 0 Å². The molecule has 0 radical (unpaired) electrons. The van der Waals surface area contributed by atoms with Crippen molar-refractivity contribution in [3.63, 3.8) is 0 Å². The minimum absolute atomic E-state index is 0. The predicted octanol–water partition coefficient (Wildman–Crippen LogP) is 19.1. The van der Waals surface area contributed by atoms with Crippen LogP contribution in [-0.2, 0) is 65.9 Å². The Labute approximate surface area is 563 Å². The van der Waals surface area contributed by atoms with Crippen molar-refractivity contribution in [2.24, 2.45) is 0 Å². The Balaban J connectivity index is 0.000000147. The maximum atomic E-state index is 4.68. The van der Waals surface area contributed by atoms with Crippen LogP contribution >= 0.6 is 0 Å². The maximum absolute atomic E-state index is 4.68. The van der Waals surface area contributed by atoms with Crippen LogP contribution in [0.15, 0.2) is 207 Å². The summed E-state index contributed by atoms with van der Waals surface area (Å²) >= 11 is 0. The van der Waals surface area contributed by atoms with E-state index < -0.39 is 0 Å². The molecule has 4 aliphatic rings. The molecule has 8 aromatic carbocycles. The van der Waals surface area contributed by atoms with Crippen molar-refractivity contribution in [1.82, 2.24) is 28.9 Å². The second-order valence-corrected chi connectivity index (χ2v) is 24.5. The molecule has 0 fully saturated rings. The normalized spacial score (nSPS) is 13.6. The Bertz CT molecular complexity index is 3680. The van der Waals surface area contributed by atoms with Crippen LogP contribution in [0.1, 0.15) is 136 Å². The molecule has 90 heavy (non-hydrogen) atoms. The molecule has 2 aliphatic carbocycles. The van der Waals surface area contributed by atoms with Crippen LogP contribution in [0.2, 0.25) is 0 Å². The summed E-state index contributed by atoms with van der Waals surface area (Å²) in [6, 6.07) is 68.6. The Morgan fingerprint density at radius 2 is 0.767 bits per heavy atom. The van der Waals surface area contributed by atoms with E-state index in [9.17, 15) is 0 Å². The fourth-order valence-corrected chi connectivity index (χ4v) is 12.4. The number of aromatic nitrogens is 4. The Hall–Kier alpha value is -7.84. The van der Waals surface area contributed by atoms with Crippen LogP contribution in [0.4, 0.5) is 11.4 Å². The summed E-state index contributed by atoms with van der Waals surface area (Å²) < 4.78 is 4.48. The number of fused-ring (bicyclic) bond motifs is 2. The van der Waals surface area contributed by atoms with E-state index in [-0.39, 0.29) is 40.2 Å². The third-order valence-corrected chi connectivity index (χ3v) is 16.9. The zero-order chi connectivity index (χ0) is 61.3. The van der Waals surface area contributed by atoms with Crippen molar-refractivity contribution in [2.75, 3.05) is 23.9 Å². The molecule has 2 aliphatic heterocycles. The molecule has 10 aromatic rings.